The van der Waals surface area contributed by atoms with Crippen LogP contribution in [0.25, 0.3) is 0 Å². The molecule has 2 rings (SSSR count). The molecule has 0 radical (unpaired) electrons. The topological polar surface area (TPSA) is 74.7 Å². The minimum atomic E-state index is -3.64. The highest BCUT2D eigenvalue weighted by Gasteiger charge is 2.26. The highest BCUT2D eigenvalue weighted by Crippen LogP contribution is 2.23. The average Bonchev–Trinajstić information content (AvgIpc) is 2.39. The molecule has 1 aliphatic heterocycles. The van der Waals surface area contributed by atoms with Crippen LogP contribution in [0.15, 0.2) is 34.7 Å². The summed E-state index contributed by atoms with van der Waals surface area (Å²) in [6, 6.07) is 4.20. The molecule has 1 aromatic carbocycles. The van der Waals surface area contributed by atoms with E-state index in [1.807, 2.05) is 35.6 Å². The maximum atomic E-state index is 12.5. The van der Waals surface area contributed by atoms with E-state index in [1.54, 1.807) is 0 Å². The fourth-order valence-electron chi connectivity index (χ4n) is 1.95. The van der Waals surface area contributed by atoms with Gasteiger partial charge in [0.25, 0.3) is 0 Å². The number of carbonyl (C=O) groups is 1. The van der Waals surface area contributed by atoms with Gasteiger partial charge in [-0.2, -0.15) is 4.31 Å². The molecular formula is C13H14INO4S. The molecule has 0 aromatic heterocycles. The van der Waals surface area contributed by atoms with Crippen LogP contribution in [0.5, 0.6) is 0 Å². The van der Waals surface area contributed by atoms with Crippen LogP contribution in [0.2, 0.25) is 0 Å². The Bertz CT molecular complexity index is 682. The summed E-state index contributed by atoms with van der Waals surface area (Å²) in [4.78, 5) is 11.1. The number of nitrogens with zero attached hydrogens (tertiary/aromatic N) is 1. The Balaban J connectivity index is 2.40. The van der Waals surface area contributed by atoms with E-state index in [0.29, 0.717) is 23.1 Å². The number of carboxylic acids is 1. The predicted octanol–water partition coefficient (Wildman–Crippen LogP) is 2.33. The predicted molar refractivity (Wildman–Crippen MR) is 83.3 cm³/mol. The van der Waals surface area contributed by atoms with Crippen molar-refractivity contribution >= 4 is 38.6 Å². The number of halogens is 1. The number of sulfonamides is 1. The van der Waals surface area contributed by atoms with Crippen molar-refractivity contribution in [2.45, 2.75) is 18.2 Å². The summed E-state index contributed by atoms with van der Waals surface area (Å²) in [6.45, 7) is 2.74. The van der Waals surface area contributed by atoms with Gasteiger partial charge in [-0.15, -0.1) is 0 Å². The Morgan fingerprint density at radius 3 is 2.65 bits per heavy atom. The standard InChI is InChI=1S/C13H14INO4S/c1-9-4-6-15(7-5-9)20(18,19)10-2-3-12(14)11(8-10)13(16)17/h2-4,8H,5-7H2,1H3,(H,16,17). The first-order valence-corrected chi connectivity index (χ1v) is 8.53. The van der Waals surface area contributed by atoms with Crippen LogP contribution in [0.1, 0.15) is 23.7 Å². The van der Waals surface area contributed by atoms with Gasteiger partial charge >= 0.3 is 5.97 Å². The maximum absolute atomic E-state index is 12.5. The van der Waals surface area contributed by atoms with Crippen molar-refractivity contribution in [2.24, 2.45) is 0 Å². The molecule has 0 fully saturated rings. The van der Waals surface area contributed by atoms with Gasteiger partial charge in [0.2, 0.25) is 10.0 Å². The molecule has 1 aromatic rings. The van der Waals surface area contributed by atoms with Crippen LogP contribution < -0.4 is 0 Å². The lowest BCUT2D eigenvalue weighted by Gasteiger charge is -2.24. The summed E-state index contributed by atoms with van der Waals surface area (Å²) in [5.74, 6) is -1.12. The third-order valence-electron chi connectivity index (χ3n) is 3.20. The van der Waals surface area contributed by atoms with Crippen molar-refractivity contribution in [2.75, 3.05) is 13.1 Å². The zero-order valence-corrected chi connectivity index (χ0v) is 13.8. The molecule has 20 heavy (non-hydrogen) atoms. The van der Waals surface area contributed by atoms with E-state index in [9.17, 15) is 13.2 Å². The lowest BCUT2D eigenvalue weighted by molar-refractivity contribution is 0.0695. The molecule has 1 heterocycles. The number of aromatic carboxylic acids is 1. The summed E-state index contributed by atoms with van der Waals surface area (Å²) in [5, 5.41) is 9.08. The molecule has 0 amide bonds. The summed E-state index contributed by atoms with van der Waals surface area (Å²) in [6.07, 6.45) is 2.58. The number of hydrogen-bond acceptors (Lipinski definition) is 3. The van der Waals surface area contributed by atoms with Gasteiger partial charge < -0.3 is 5.11 Å². The molecule has 0 spiro atoms. The summed E-state index contributed by atoms with van der Waals surface area (Å²) in [5.41, 5.74) is 1.18. The van der Waals surface area contributed by atoms with Crippen LogP contribution in [0, 0.1) is 3.57 Å². The largest absolute Gasteiger partial charge is 0.478 e. The molecule has 0 unspecified atom stereocenters. The molecule has 0 atom stereocenters. The monoisotopic (exact) mass is 407 g/mol. The normalized spacial score (nSPS) is 16.8. The second kappa shape index (κ2) is 5.82. The molecule has 7 heteroatoms. The molecule has 0 saturated carbocycles. The van der Waals surface area contributed by atoms with E-state index >= 15 is 0 Å². The van der Waals surface area contributed by atoms with Gasteiger partial charge in [0, 0.05) is 16.7 Å². The first-order chi connectivity index (χ1) is 9.32. The zero-order chi connectivity index (χ0) is 14.9. The Kier molecular flexibility index (Phi) is 4.50. The van der Waals surface area contributed by atoms with Crippen LogP contribution in [0.4, 0.5) is 0 Å². The maximum Gasteiger partial charge on any atom is 0.336 e. The third-order valence-corrected chi connectivity index (χ3v) is 6.01. The fraction of sp³-hybridized carbons (Fsp3) is 0.308. The summed E-state index contributed by atoms with van der Waals surface area (Å²) in [7, 11) is -3.64. The number of rotatable bonds is 3. The van der Waals surface area contributed by atoms with Gasteiger partial charge in [-0.1, -0.05) is 11.6 Å². The second-order valence-electron chi connectivity index (χ2n) is 4.61. The van der Waals surface area contributed by atoms with Gasteiger partial charge in [-0.25, -0.2) is 13.2 Å². The summed E-state index contributed by atoms with van der Waals surface area (Å²) < 4.78 is 26.8. The first kappa shape index (κ1) is 15.5. The van der Waals surface area contributed by atoms with Crippen molar-refractivity contribution < 1.29 is 18.3 Å². The van der Waals surface area contributed by atoms with Crippen LogP contribution in [-0.4, -0.2) is 36.9 Å². The highest BCUT2D eigenvalue weighted by atomic mass is 127. The van der Waals surface area contributed by atoms with Gasteiger partial charge in [0.1, 0.15) is 0 Å². The Labute approximate surface area is 131 Å². The quantitative estimate of drug-likeness (QED) is 0.617. The zero-order valence-electron chi connectivity index (χ0n) is 10.8. The molecule has 0 aliphatic carbocycles. The Morgan fingerprint density at radius 2 is 2.10 bits per heavy atom. The lowest BCUT2D eigenvalue weighted by atomic mass is 10.1. The van der Waals surface area contributed by atoms with Crippen LogP contribution in [0.3, 0.4) is 0 Å². The molecular weight excluding hydrogens is 393 g/mol. The number of hydrogen-bond donors (Lipinski definition) is 1. The van der Waals surface area contributed by atoms with E-state index in [4.69, 9.17) is 5.11 Å². The number of carboxylic acid groups (broad SMARTS) is 1. The lowest BCUT2D eigenvalue weighted by Crippen LogP contribution is -2.34. The molecule has 108 valence electrons. The van der Waals surface area contributed by atoms with E-state index < -0.39 is 16.0 Å². The van der Waals surface area contributed by atoms with E-state index in [-0.39, 0.29) is 10.5 Å². The van der Waals surface area contributed by atoms with Crippen molar-refractivity contribution in [3.63, 3.8) is 0 Å². The van der Waals surface area contributed by atoms with Gasteiger partial charge in [0.15, 0.2) is 0 Å². The van der Waals surface area contributed by atoms with Gasteiger partial charge in [-0.05, 0) is 54.1 Å². The molecule has 1 N–H and O–H groups in total. The smallest absolute Gasteiger partial charge is 0.336 e. The third kappa shape index (κ3) is 3.04. The van der Waals surface area contributed by atoms with Crippen LogP contribution >= 0.6 is 22.6 Å². The minimum absolute atomic E-state index is 0.00964. The van der Waals surface area contributed by atoms with Crippen LogP contribution in [-0.2, 0) is 10.0 Å². The Hall–Kier alpha value is -0.930. The average molecular weight is 407 g/mol. The van der Waals surface area contributed by atoms with E-state index in [1.165, 1.54) is 28.1 Å². The van der Waals surface area contributed by atoms with Gasteiger partial charge in [-0.3, -0.25) is 0 Å². The second-order valence-corrected chi connectivity index (χ2v) is 7.71. The minimum Gasteiger partial charge on any atom is -0.478 e. The molecule has 5 nitrogen and oxygen atoms in total. The number of benzene rings is 1. The molecule has 0 saturated heterocycles. The highest BCUT2D eigenvalue weighted by molar-refractivity contribution is 14.1. The van der Waals surface area contributed by atoms with Gasteiger partial charge in [0.05, 0.1) is 10.5 Å². The first-order valence-electron chi connectivity index (χ1n) is 6.01. The van der Waals surface area contributed by atoms with Crippen molar-refractivity contribution in [3.8, 4) is 0 Å². The fourth-order valence-corrected chi connectivity index (χ4v) is 3.92. The van der Waals surface area contributed by atoms with Crippen molar-refractivity contribution in [1.29, 1.82) is 0 Å². The van der Waals surface area contributed by atoms with E-state index in [2.05, 4.69) is 0 Å². The molecule has 0 bridgehead atoms. The molecule has 1 aliphatic rings. The van der Waals surface area contributed by atoms with Crippen molar-refractivity contribution in [3.05, 3.63) is 39.0 Å². The van der Waals surface area contributed by atoms with Crippen molar-refractivity contribution in [1.82, 2.24) is 4.31 Å². The Morgan fingerprint density at radius 1 is 1.40 bits per heavy atom. The summed E-state index contributed by atoms with van der Waals surface area (Å²) >= 11 is 1.88. The van der Waals surface area contributed by atoms with E-state index in [0.717, 1.165) is 0 Å². The SMILES string of the molecule is CC1=CCN(S(=O)(=O)c2ccc(I)c(C(=O)O)c2)CC1.